The molecule has 2 aromatic carbocycles. The molecule has 0 aliphatic carbocycles. The van der Waals surface area contributed by atoms with Crippen molar-refractivity contribution in [2.24, 2.45) is 0 Å². The van der Waals surface area contributed by atoms with Gasteiger partial charge in [0.05, 0.1) is 5.56 Å². The van der Waals surface area contributed by atoms with E-state index in [0.29, 0.717) is 17.7 Å². The van der Waals surface area contributed by atoms with Crippen LogP contribution in [0.1, 0.15) is 36.2 Å². The number of carbonyl (C=O) groups is 1. The van der Waals surface area contributed by atoms with Gasteiger partial charge < -0.3 is 9.84 Å². The van der Waals surface area contributed by atoms with Gasteiger partial charge in [-0.2, -0.15) is 0 Å². The van der Waals surface area contributed by atoms with Crippen molar-refractivity contribution in [3.05, 3.63) is 65.7 Å². The summed E-state index contributed by atoms with van der Waals surface area (Å²) >= 11 is 0. The summed E-state index contributed by atoms with van der Waals surface area (Å²) in [7, 11) is 0. The molecule has 0 heterocycles. The first-order valence-electron chi connectivity index (χ1n) is 7.07. The van der Waals surface area contributed by atoms with Gasteiger partial charge in [-0.25, -0.2) is 0 Å². The molecule has 3 nitrogen and oxygen atoms in total. The van der Waals surface area contributed by atoms with E-state index in [1.165, 1.54) is 0 Å². The van der Waals surface area contributed by atoms with Gasteiger partial charge >= 0.3 is 0 Å². The number of aliphatic hydroxyl groups is 1. The minimum atomic E-state index is -1.11. The molecular formula is C18H20O3. The molecule has 1 atom stereocenters. The maximum atomic E-state index is 11.9. The average Bonchev–Trinajstić information content (AvgIpc) is 2.53. The van der Waals surface area contributed by atoms with E-state index in [-0.39, 0.29) is 12.4 Å². The lowest BCUT2D eigenvalue weighted by atomic mass is 9.97. The van der Waals surface area contributed by atoms with E-state index in [1.807, 2.05) is 49.4 Å². The molecule has 3 heteroatoms. The van der Waals surface area contributed by atoms with E-state index in [9.17, 15) is 9.90 Å². The number of rotatable bonds is 6. The molecule has 0 saturated carbocycles. The number of benzene rings is 2. The molecule has 0 bridgehead atoms. The molecule has 0 aliphatic rings. The molecule has 21 heavy (non-hydrogen) atoms. The van der Waals surface area contributed by atoms with Gasteiger partial charge in [-0.3, -0.25) is 4.79 Å². The highest BCUT2D eigenvalue weighted by atomic mass is 16.5. The van der Waals surface area contributed by atoms with Crippen LogP contribution in [0, 0.1) is 0 Å². The quantitative estimate of drug-likeness (QED) is 0.825. The Morgan fingerprint density at radius 3 is 2.38 bits per heavy atom. The lowest BCUT2D eigenvalue weighted by Gasteiger charge is -2.24. The molecule has 0 saturated heterocycles. The summed E-state index contributed by atoms with van der Waals surface area (Å²) in [5.41, 5.74) is 0.233. The van der Waals surface area contributed by atoms with Crippen molar-refractivity contribution in [1.82, 2.24) is 0 Å². The minimum Gasteiger partial charge on any atom is -0.489 e. The smallest absolute Gasteiger partial charge is 0.166 e. The third-order valence-electron chi connectivity index (χ3n) is 3.41. The fourth-order valence-corrected chi connectivity index (χ4v) is 2.11. The second-order valence-corrected chi connectivity index (χ2v) is 5.20. The normalized spacial score (nSPS) is 13.5. The predicted molar refractivity (Wildman–Crippen MR) is 82.6 cm³/mol. The number of carbonyl (C=O) groups excluding carboxylic acids is 1. The molecule has 2 rings (SSSR count). The van der Waals surface area contributed by atoms with Crippen LogP contribution in [0.15, 0.2) is 54.6 Å². The molecule has 0 aliphatic heterocycles. The van der Waals surface area contributed by atoms with Crippen LogP contribution in [0.2, 0.25) is 0 Å². The van der Waals surface area contributed by atoms with Gasteiger partial charge in [-0.1, -0.05) is 49.4 Å². The van der Waals surface area contributed by atoms with Crippen LogP contribution in [0.5, 0.6) is 5.75 Å². The van der Waals surface area contributed by atoms with E-state index >= 15 is 0 Å². The van der Waals surface area contributed by atoms with Crippen LogP contribution < -0.4 is 4.74 Å². The van der Waals surface area contributed by atoms with Crippen molar-refractivity contribution in [3.8, 4) is 5.75 Å². The summed E-state index contributed by atoms with van der Waals surface area (Å²) in [6, 6.07) is 16.5. The summed E-state index contributed by atoms with van der Waals surface area (Å²) < 4.78 is 5.71. The van der Waals surface area contributed by atoms with E-state index in [4.69, 9.17) is 4.74 Å². The Morgan fingerprint density at radius 2 is 1.71 bits per heavy atom. The number of hydrogen-bond acceptors (Lipinski definition) is 3. The second kappa shape index (κ2) is 6.55. The molecule has 0 spiro atoms. The van der Waals surface area contributed by atoms with Gasteiger partial charge in [0.25, 0.3) is 0 Å². The van der Waals surface area contributed by atoms with Crippen LogP contribution in [0.25, 0.3) is 0 Å². The highest BCUT2D eigenvalue weighted by Crippen LogP contribution is 2.25. The lowest BCUT2D eigenvalue weighted by molar-refractivity contribution is 0.00730. The van der Waals surface area contributed by atoms with Crippen LogP contribution in [-0.4, -0.2) is 17.5 Å². The van der Waals surface area contributed by atoms with Gasteiger partial charge in [-0.05, 0) is 24.6 Å². The first kappa shape index (κ1) is 15.3. The number of ether oxygens (including phenoxy) is 1. The molecule has 2 aromatic rings. The van der Waals surface area contributed by atoms with Crippen LogP contribution >= 0.6 is 0 Å². The van der Waals surface area contributed by atoms with Crippen LogP contribution in [0.3, 0.4) is 0 Å². The fourth-order valence-electron chi connectivity index (χ4n) is 2.11. The van der Waals surface area contributed by atoms with E-state index < -0.39 is 5.60 Å². The van der Waals surface area contributed by atoms with Gasteiger partial charge in [-0.15, -0.1) is 0 Å². The zero-order valence-electron chi connectivity index (χ0n) is 12.4. The highest BCUT2D eigenvalue weighted by molar-refractivity contribution is 5.98. The summed E-state index contributed by atoms with van der Waals surface area (Å²) in [6.45, 7) is 3.61. The Morgan fingerprint density at radius 1 is 1.10 bits per heavy atom. The van der Waals surface area contributed by atoms with E-state index in [1.54, 1.807) is 19.1 Å². The SMILES string of the molecule is CCC(=O)c1ccccc1OCC(C)(O)c1ccccc1. The average molecular weight is 284 g/mol. The summed E-state index contributed by atoms with van der Waals surface area (Å²) in [5.74, 6) is 0.547. The first-order valence-corrected chi connectivity index (χ1v) is 7.07. The van der Waals surface area contributed by atoms with Crippen molar-refractivity contribution in [3.63, 3.8) is 0 Å². The molecule has 1 N–H and O–H groups in total. The standard InChI is InChI=1S/C18H20O3/c1-3-16(19)15-11-7-8-12-17(15)21-13-18(2,20)14-9-5-4-6-10-14/h4-12,20H,3,13H2,1-2H3. The molecule has 1 unspecified atom stereocenters. The van der Waals surface area contributed by atoms with Crippen molar-refractivity contribution >= 4 is 5.78 Å². The monoisotopic (exact) mass is 284 g/mol. The van der Waals surface area contributed by atoms with Gasteiger partial charge in [0.15, 0.2) is 5.78 Å². The lowest BCUT2D eigenvalue weighted by Crippen LogP contribution is -2.29. The van der Waals surface area contributed by atoms with Crippen molar-refractivity contribution in [2.75, 3.05) is 6.61 Å². The molecule has 0 fully saturated rings. The van der Waals surface area contributed by atoms with E-state index in [2.05, 4.69) is 0 Å². The zero-order valence-corrected chi connectivity index (χ0v) is 12.4. The summed E-state index contributed by atoms with van der Waals surface area (Å²) in [5, 5.41) is 10.5. The van der Waals surface area contributed by atoms with Gasteiger partial charge in [0.1, 0.15) is 18.0 Å². The number of Topliss-reactive ketones (excluding diaryl/α,β-unsaturated/α-hetero) is 1. The number of para-hydroxylation sites is 1. The first-order chi connectivity index (χ1) is 10.0. The topological polar surface area (TPSA) is 46.5 Å². The summed E-state index contributed by atoms with van der Waals surface area (Å²) in [4.78, 5) is 11.9. The predicted octanol–water partition coefficient (Wildman–Crippen LogP) is 3.57. The largest absolute Gasteiger partial charge is 0.489 e. The molecule has 0 amide bonds. The highest BCUT2D eigenvalue weighted by Gasteiger charge is 2.24. The third-order valence-corrected chi connectivity index (χ3v) is 3.41. The molecule has 0 radical (unpaired) electrons. The Balaban J connectivity index is 2.15. The second-order valence-electron chi connectivity index (χ2n) is 5.20. The van der Waals surface area contributed by atoms with Crippen LogP contribution in [0.4, 0.5) is 0 Å². The Bertz CT molecular complexity index is 603. The van der Waals surface area contributed by atoms with Crippen LogP contribution in [-0.2, 0) is 5.60 Å². The number of hydrogen-bond donors (Lipinski definition) is 1. The van der Waals surface area contributed by atoms with Crippen molar-refractivity contribution in [1.29, 1.82) is 0 Å². The minimum absolute atomic E-state index is 0.0324. The van der Waals surface area contributed by atoms with Gasteiger partial charge in [0.2, 0.25) is 0 Å². The molecule has 110 valence electrons. The summed E-state index contributed by atoms with van der Waals surface area (Å²) in [6.07, 6.45) is 0.426. The fraction of sp³-hybridized carbons (Fsp3) is 0.278. The van der Waals surface area contributed by atoms with E-state index in [0.717, 1.165) is 5.56 Å². The van der Waals surface area contributed by atoms with Crippen molar-refractivity contribution in [2.45, 2.75) is 25.9 Å². The maximum Gasteiger partial charge on any atom is 0.166 e. The zero-order chi connectivity index (χ0) is 15.3. The molecule has 0 aromatic heterocycles. The Hall–Kier alpha value is -2.13. The maximum absolute atomic E-state index is 11.9. The third kappa shape index (κ3) is 3.70. The number of ketones is 1. The molecular weight excluding hydrogens is 264 g/mol. The Kier molecular flexibility index (Phi) is 4.76. The van der Waals surface area contributed by atoms with Gasteiger partial charge in [0, 0.05) is 6.42 Å². The Labute approximate surface area is 125 Å². The van der Waals surface area contributed by atoms with Crippen molar-refractivity contribution < 1.29 is 14.6 Å².